The molecule has 62 heavy (non-hydrogen) atoms. The molecule has 1 unspecified atom stereocenters. The Morgan fingerprint density at radius 1 is 0.355 bits per heavy atom. The van der Waals surface area contributed by atoms with Crippen LogP contribution in [0.15, 0.2) is 109 Å². The van der Waals surface area contributed by atoms with Crippen LogP contribution in [0.4, 0.5) is 0 Å². The molecule has 0 aliphatic heterocycles. The first-order chi connectivity index (χ1) is 30.5. The highest BCUT2D eigenvalue weighted by atomic mass is 16.6. The summed E-state index contributed by atoms with van der Waals surface area (Å²) in [5.74, 6) is -1.03. The van der Waals surface area contributed by atoms with Gasteiger partial charge in [0.15, 0.2) is 6.10 Å². The van der Waals surface area contributed by atoms with Gasteiger partial charge in [-0.2, -0.15) is 0 Å². The minimum atomic E-state index is -0.819. The summed E-state index contributed by atoms with van der Waals surface area (Å²) in [6.07, 6.45) is 66.5. The smallest absolute Gasteiger partial charge is 0.306 e. The number of allylic oxidation sites excluding steroid dienone is 18. The molecule has 350 valence electrons. The summed E-state index contributed by atoms with van der Waals surface area (Å²) < 4.78 is 16.7. The van der Waals surface area contributed by atoms with Crippen LogP contribution in [0.3, 0.4) is 0 Å². The molecule has 0 spiro atoms. The van der Waals surface area contributed by atoms with Crippen LogP contribution in [0.2, 0.25) is 0 Å². The van der Waals surface area contributed by atoms with Gasteiger partial charge >= 0.3 is 17.9 Å². The Kier molecular flexibility index (Phi) is 46.6. The van der Waals surface area contributed by atoms with E-state index in [-0.39, 0.29) is 37.5 Å². The maximum absolute atomic E-state index is 12.8. The Labute approximate surface area is 380 Å². The van der Waals surface area contributed by atoms with E-state index in [0.717, 1.165) is 96.3 Å². The molecule has 0 fully saturated rings. The Morgan fingerprint density at radius 2 is 0.742 bits per heavy atom. The van der Waals surface area contributed by atoms with Crippen LogP contribution in [-0.4, -0.2) is 37.2 Å². The molecule has 0 aliphatic rings. The monoisotopic (exact) mass is 859 g/mol. The molecular formula is C56H90O6. The van der Waals surface area contributed by atoms with Gasteiger partial charge < -0.3 is 14.2 Å². The predicted octanol–water partition coefficient (Wildman–Crippen LogP) is 16.4. The van der Waals surface area contributed by atoms with Gasteiger partial charge in [0.05, 0.1) is 0 Å². The Hall–Kier alpha value is -3.93. The van der Waals surface area contributed by atoms with Gasteiger partial charge in [0.25, 0.3) is 0 Å². The minimum absolute atomic E-state index is 0.115. The molecule has 0 aromatic rings. The molecule has 0 rings (SSSR count). The van der Waals surface area contributed by atoms with Crippen molar-refractivity contribution in [2.45, 2.75) is 213 Å². The second-order valence-corrected chi connectivity index (χ2v) is 16.0. The summed E-state index contributed by atoms with van der Waals surface area (Å²) in [5.41, 5.74) is 0. The molecule has 0 heterocycles. The highest BCUT2D eigenvalue weighted by molar-refractivity contribution is 5.71. The van der Waals surface area contributed by atoms with Gasteiger partial charge in [0.2, 0.25) is 0 Å². The van der Waals surface area contributed by atoms with E-state index in [2.05, 4.69) is 112 Å². The highest BCUT2D eigenvalue weighted by Crippen LogP contribution is 2.13. The van der Waals surface area contributed by atoms with E-state index in [1.54, 1.807) is 0 Å². The average Bonchev–Trinajstić information content (AvgIpc) is 3.27. The van der Waals surface area contributed by atoms with Crippen molar-refractivity contribution >= 4 is 17.9 Å². The summed E-state index contributed by atoms with van der Waals surface area (Å²) in [6, 6.07) is 0. The molecule has 0 amide bonds. The summed E-state index contributed by atoms with van der Waals surface area (Å²) in [6.45, 7) is 6.27. The zero-order valence-corrected chi connectivity index (χ0v) is 39.8. The summed E-state index contributed by atoms with van der Waals surface area (Å²) in [5, 5.41) is 0. The fourth-order valence-electron chi connectivity index (χ4n) is 6.37. The van der Waals surface area contributed by atoms with Gasteiger partial charge in [-0.05, 0) is 96.3 Å². The van der Waals surface area contributed by atoms with Crippen LogP contribution >= 0.6 is 0 Å². The fraction of sp³-hybridized carbons (Fsp3) is 0.625. The van der Waals surface area contributed by atoms with E-state index in [1.807, 2.05) is 18.2 Å². The molecule has 0 saturated carbocycles. The number of esters is 3. The first-order valence-electron chi connectivity index (χ1n) is 24.9. The van der Waals surface area contributed by atoms with Gasteiger partial charge in [-0.15, -0.1) is 0 Å². The highest BCUT2D eigenvalue weighted by Gasteiger charge is 2.19. The molecule has 0 aromatic heterocycles. The lowest BCUT2D eigenvalue weighted by Gasteiger charge is -2.18. The van der Waals surface area contributed by atoms with Gasteiger partial charge in [-0.3, -0.25) is 14.4 Å². The first kappa shape index (κ1) is 58.1. The maximum atomic E-state index is 12.8. The van der Waals surface area contributed by atoms with Crippen LogP contribution in [0.25, 0.3) is 0 Å². The fourth-order valence-corrected chi connectivity index (χ4v) is 6.37. The van der Waals surface area contributed by atoms with Crippen molar-refractivity contribution in [2.75, 3.05) is 13.2 Å². The van der Waals surface area contributed by atoms with Crippen molar-refractivity contribution in [3.05, 3.63) is 109 Å². The van der Waals surface area contributed by atoms with Gasteiger partial charge in [0, 0.05) is 19.3 Å². The largest absolute Gasteiger partial charge is 0.462 e. The quantitative estimate of drug-likeness (QED) is 0.0200. The topological polar surface area (TPSA) is 78.9 Å². The number of hydrogen-bond donors (Lipinski definition) is 0. The minimum Gasteiger partial charge on any atom is -0.462 e. The van der Waals surface area contributed by atoms with E-state index >= 15 is 0 Å². The summed E-state index contributed by atoms with van der Waals surface area (Å²) in [4.78, 5) is 37.9. The van der Waals surface area contributed by atoms with Crippen LogP contribution in [0, 0.1) is 0 Å². The van der Waals surface area contributed by atoms with Crippen molar-refractivity contribution in [1.82, 2.24) is 0 Å². The molecule has 6 nitrogen and oxygen atoms in total. The Balaban J connectivity index is 4.54. The lowest BCUT2D eigenvalue weighted by atomic mass is 10.1. The summed E-state index contributed by atoms with van der Waals surface area (Å²) >= 11 is 0. The molecule has 6 heteroatoms. The van der Waals surface area contributed by atoms with Gasteiger partial charge in [0.1, 0.15) is 13.2 Å². The van der Waals surface area contributed by atoms with Crippen molar-refractivity contribution in [3.63, 3.8) is 0 Å². The zero-order valence-electron chi connectivity index (χ0n) is 39.8. The lowest BCUT2D eigenvalue weighted by Crippen LogP contribution is -2.30. The second kappa shape index (κ2) is 49.7. The van der Waals surface area contributed by atoms with E-state index < -0.39 is 6.10 Å². The molecule has 1 atom stereocenters. The number of rotatable bonds is 43. The predicted molar refractivity (Wildman–Crippen MR) is 265 cm³/mol. The SMILES string of the molecule is CC\C=C/C=C\C=C/CCCCCCCC(=O)OCC(COC(=O)CC/C=C\C/C=C\C/C=C\C/C=C\C/C=C\CC)OC(=O)CCCCCCCCC/C=C\CCCCCC. The van der Waals surface area contributed by atoms with E-state index in [4.69, 9.17) is 14.2 Å². The maximum Gasteiger partial charge on any atom is 0.306 e. The Bertz CT molecular complexity index is 1310. The van der Waals surface area contributed by atoms with Gasteiger partial charge in [-0.25, -0.2) is 0 Å². The molecule has 0 N–H and O–H groups in total. The van der Waals surface area contributed by atoms with Gasteiger partial charge in [-0.1, -0.05) is 201 Å². The molecule has 0 aliphatic carbocycles. The molecular weight excluding hydrogens is 769 g/mol. The molecule has 0 bridgehead atoms. The van der Waals surface area contributed by atoms with E-state index in [0.29, 0.717) is 19.3 Å². The number of unbranched alkanes of at least 4 members (excludes halogenated alkanes) is 16. The normalized spacial score (nSPS) is 13.0. The van der Waals surface area contributed by atoms with Crippen molar-refractivity contribution < 1.29 is 28.6 Å². The molecule has 0 aromatic carbocycles. The first-order valence-corrected chi connectivity index (χ1v) is 24.9. The zero-order chi connectivity index (χ0) is 45.1. The van der Waals surface area contributed by atoms with E-state index in [9.17, 15) is 14.4 Å². The Morgan fingerprint density at radius 3 is 1.26 bits per heavy atom. The molecule has 0 radical (unpaired) electrons. The van der Waals surface area contributed by atoms with Crippen LogP contribution in [0.5, 0.6) is 0 Å². The van der Waals surface area contributed by atoms with Crippen molar-refractivity contribution in [1.29, 1.82) is 0 Å². The molecule has 0 saturated heterocycles. The second-order valence-electron chi connectivity index (χ2n) is 16.0. The van der Waals surface area contributed by atoms with Crippen LogP contribution in [-0.2, 0) is 28.6 Å². The number of hydrogen-bond acceptors (Lipinski definition) is 6. The lowest BCUT2D eigenvalue weighted by molar-refractivity contribution is -0.166. The number of carbonyl (C=O) groups excluding carboxylic acids is 3. The number of ether oxygens (including phenoxy) is 3. The summed E-state index contributed by atoms with van der Waals surface area (Å²) in [7, 11) is 0. The average molecular weight is 859 g/mol. The third-order valence-electron chi connectivity index (χ3n) is 10.1. The van der Waals surface area contributed by atoms with Crippen molar-refractivity contribution in [2.24, 2.45) is 0 Å². The van der Waals surface area contributed by atoms with Crippen LogP contribution < -0.4 is 0 Å². The third kappa shape index (κ3) is 47.1. The third-order valence-corrected chi connectivity index (χ3v) is 10.1. The van der Waals surface area contributed by atoms with Crippen molar-refractivity contribution in [3.8, 4) is 0 Å². The van der Waals surface area contributed by atoms with Crippen LogP contribution in [0.1, 0.15) is 207 Å². The standard InChI is InChI=1S/C56H90O6/c1-4-7-10-13-16-19-22-25-27-29-31-34-37-40-43-46-49-55(58)61-52-53(51-60-54(57)48-45-42-39-36-33-30-24-21-18-15-12-9-6-3)62-56(59)50-47-44-41-38-35-32-28-26-23-20-17-14-11-8-5-2/h7,9-10,12,15-16,18-21,23-25,27,31,34,40,43,53H,4-6,8,11,13-14,17,22,26,28-30,32-33,35-39,41-42,44-52H2,1-3H3/b10-7-,12-9-,18-15-,19-16-,23-20-,24-21-,27-25-,34-31-,43-40-. The van der Waals surface area contributed by atoms with E-state index in [1.165, 1.54) is 64.2 Å². The number of carbonyl (C=O) groups is 3.